The average Bonchev–Trinajstić information content (AvgIpc) is 2.42. The van der Waals surface area contributed by atoms with E-state index in [9.17, 15) is 0 Å². The molecule has 1 atom stereocenters. The van der Waals surface area contributed by atoms with E-state index < -0.39 is 0 Å². The summed E-state index contributed by atoms with van der Waals surface area (Å²) in [6.07, 6.45) is 6.69. The predicted octanol–water partition coefficient (Wildman–Crippen LogP) is 4.11. The molecule has 2 rings (SSSR count). The van der Waals surface area contributed by atoms with Gasteiger partial charge in [0.1, 0.15) is 0 Å². The number of rotatable bonds is 9. The van der Waals surface area contributed by atoms with Gasteiger partial charge in [0.2, 0.25) is 0 Å². The summed E-state index contributed by atoms with van der Waals surface area (Å²) in [5.41, 5.74) is 2.83. The molecule has 21 heavy (non-hydrogen) atoms. The van der Waals surface area contributed by atoms with Crippen molar-refractivity contribution >= 4 is 0 Å². The molecule has 1 aromatic rings. The van der Waals surface area contributed by atoms with E-state index in [1.807, 2.05) is 0 Å². The number of nitrogens with one attached hydrogen (secondary N) is 1. The smallest absolute Gasteiger partial charge is 0.0580 e. The lowest BCUT2D eigenvalue weighted by Crippen LogP contribution is -2.39. The van der Waals surface area contributed by atoms with Gasteiger partial charge in [-0.25, -0.2) is 0 Å². The summed E-state index contributed by atoms with van der Waals surface area (Å²) in [4.78, 5) is 0. The molecule has 1 aliphatic carbocycles. The summed E-state index contributed by atoms with van der Waals surface area (Å²) in [6, 6.07) is 9.55. The molecule has 0 saturated heterocycles. The first kappa shape index (κ1) is 16.5. The Morgan fingerprint density at radius 2 is 2.10 bits per heavy atom. The van der Waals surface area contributed by atoms with Crippen LogP contribution in [-0.2, 0) is 11.2 Å². The van der Waals surface area contributed by atoms with Gasteiger partial charge in [-0.15, -0.1) is 0 Å². The molecule has 1 fully saturated rings. The molecular formula is C19H31NO. The Morgan fingerprint density at radius 1 is 1.29 bits per heavy atom. The first-order valence-electron chi connectivity index (χ1n) is 8.61. The molecule has 0 heterocycles. The Kier molecular flexibility index (Phi) is 6.72. The summed E-state index contributed by atoms with van der Waals surface area (Å²) in [5, 5.41) is 3.74. The highest BCUT2D eigenvalue weighted by Gasteiger charge is 2.31. The molecule has 0 bridgehead atoms. The van der Waals surface area contributed by atoms with E-state index in [1.54, 1.807) is 0 Å². The van der Waals surface area contributed by atoms with Gasteiger partial charge in [0.05, 0.1) is 6.10 Å². The second kappa shape index (κ2) is 8.55. The third kappa shape index (κ3) is 5.44. The van der Waals surface area contributed by atoms with Gasteiger partial charge in [-0.05, 0) is 64.0 Å². The zero-order valence-corrected chi connectivity index (χ0v) is 13.9. The zero-order chi connectivity index (χ0) is 15.1. The first-order chi connectivity index (χ1) is 10.2. The van der Waals surface area contributed by atoms with Crippen molar-refractivity contribution in [2.24, 2.45) is 5.92 Å². The van der Waals surface area contributed by atoms with Crippen molar-refractivity contribution in [3.8, 4) is 0 Å². The van der Waals surface area contributed by atoms with E-state index in [0.29, 0.717) is 12.1 Å². The minimum Gasteiger partial charge on any atom is -0.378 e. The Balaban J connectivity index is 1.83. The Labute approximate surface area is 130 Å². The highest BCUT2D eigenvalue weighted by atomic mass is 16.5. The van der Waals surface area contributed by atoms with Crippen LogP contribution in [0.15, 0.2) is 24.3 Å². The van der Waals surface area contributed by atoms with Crippen molar-refractivity contribution in [2.75, 3.05) is 13.2 Å². The molecule has 118 valence electrons. The van der Waals surface area contributed by atoms with E-state index in [2.05, 4.69) is 50.4 Å². The topological polar surface area (TPSA) is 21.3 Å². The number of ether oxygens (including phenoxy) is 1. The van der Waals surface area contributed by atoms with E-state index in [4.69, 9.17) is 4.74 Å². The van der Waals surface area contributed by atoms with Crippen LogP contribution in [0.3, 0.4) is 0 Å². The molecule has 0 spiro atoms. The highest BCUT2D eigenvalue weighted by molar-refractivity contribution is 5.23. The second-order valence-electron chi connectivity index (χ2n) is 6.49. The van der Waals surface area contributed by atoms with Crippen molar-refractivity contribution < 1.29 is 4.74 Å². The van der Waals surface area contributed by atoms with Crippen molar-refractivity contribution in [2.45, 2.75) is 65.0 Å². The van der Waals surface area contributed by atoms with Crippen LogP contribution in [0, 0.1) is 12.8 Å². The fourth-order valence-electron chi connectivity index (χ4n) is 3.35. The normalized spacial score (nSPS) is 22.8. The van der Waals surface area contributed by atoms with Crippen molar-refractivity contribution in [3.05, 3.63) is 35.4 Å². The van der Waals surface area contributed by atoms with Gasteiger partial charge in [0, 0.05) is 12.6 Å². The Hall–Kier alpha value is -0.860. The van der Waals surface area contributed by atoms with Crippen LogP contribution in [0.2, 0.25) is 0 Å². The molecule has 0 aliphatic heterocycles. The fourth-order valence-corrected chi connectivity index (χ4v) is 3.35. The maximum atomic E-state index is 5.68. The van der Waals surface area contributed by atoms with Crippen molar-refractivity contribution in [1.29, 1.82) is 0 Å². The Bertz CT molecular complexity index is 412. The molecule has 0 amide bonds. The molecule has 0 aromatic heterocycles. The van der Waals surface area contributed by atoms with E-state index >= 15 is 0 Å². The lowest BCUT2D eigenvalue weighted by atomic mass is 9.77. The van der Waals surface area contributed by atoms with Gasteiger partial charge >= 0.3 is 0 Å². The summed E-state index contributed by atoms with van der Waals surface area (Å²) in [6.45, 7) is 8.49. The van der Waals surface area contributed by atoms with Crippen molar-refractivity contribution in [1.82, 2.24) is 5.32 Å². The largest absolute Gasteiger partial charge is 0.378 e. The maximum Gasteiger partial charge on any atom is 0.0580 e. The van der Waals surface area contributed by atoms with E-state index in [0.717, 1.165) is 25.5 Å². The average molecular weight is 289 g/mol. The monoisotopic (exact) mass is 289 g/mol. The fraction of sp³-hybridized carbons (Fsp3) is 0.684. The Morgan fingerprint density at radius 3 is 2.76 bits per heavy atom. The lowest BCUT2D eigenvalue weighted by Gasteiger charge is -2.37. The summed E-state index contributed by atoms with van der Waals surface area (Å²) in [7, 11) is 0. The van der Waals surface area contributed by atoms with Crippen molar-refractivity contribution in [3.63, 3.8) is 0 Å². The number of benzene rings is 1. The molecule has 1 unspecified atom stereocenters. The molecule has 0 radical (unpaired) electrons. The predicted molar refractivity (Wildman–Crippen MR) is 89.7 cm³/mol. The standard InChI is InChI=1S/C19H31NO/c1-4-9-20-18(11-16-8-6-7-15(3)10-16)12-17-13-19(14-17)21-5-2/h6-8,10,17-20H,4-5,9,11-14H2,1-3H3. The molecule has 1 aromatic carbocycles. The second-order valence-corrected chi connectivity index (χ2v) is 6.49. The number of aryl methyl sites for hydroxylation is 1. The molecule has 1 N–H and O–H groups in total. The molecule has 1 aliphatic rings. The van der Waals surface area contributed by atoms with Gasteiger partial charge < -0.3 is 10.1 Å². The van der Waals surface area contributed by atoms with Crippen LogP contribution >= 0.6 is 0 Å². The summed E-state index contributed by atoms with van der Waals surface area (Å²) >= 11 is 0. The van der Waals surface area contributed by atoms with Crippen LogP contribution in [0.1, 0.15) is 50.7 Å². The maximum absolute atomic E-state index is 5.68. The van der Waals surface area contributed by atoms with Gasteiger partial charge in [-0.1, -0.05) is 36.8 Å². The van der Waals surface area contributed by atoms with Gasteiger partial charge in [-0.3, -0.25) is 0 Å². The highest BCUT2D eigenvalue weighted by Crippen LogP contribution is 2.34. The van der Waals surface area contributed by atoms with Gasteiger partial charge in [-0.2, -0.15) is 0 Å². The SMILES string of the molecule is CCCNC(Cc1cccc(C)c1)CC1CC(OCC)C1. The van der Waals surface area contributed by atoms with Crippen LogP contribution in [-0.4, -0.2) is 25.3 Å². The quantitative estimate of drug-likeness (QED) is 0.738. The van der Waals surface area contributed by atoms with E-state index in [-0.39, 0.29) is 0 Å². The van der Waals surface area contributed by atoms with Gasteiger partial charge in [0.15, 0.2) is 0 Å². The third-order valence-electron chi connectivity index (χ3n) is 4.46. The molecule has 1 saturated carbocycles. The summed E-state index contributed by atoms with van der Waals surface area (Å²) in [5.74, 6) is 0.848. The molecule has 2 heteroatoms. The first-order valence-corrected chi connectivity index (χ1v) is 8.61. The zero-order valence-electron chi connectivity index (χ0n) is 13.9. The lowest BCUT2D eigenvalue weighted by molar-refractivity contribution is -0.0290. The molecular weight excluding hydrogens is 258 g/mol. The number of hydrogen-bond donors (Lipinski definition) is 1. The minimum absolute atomic E-state index is 0.533. The molecule has 2 nitrogen and oxygen atoms in total. The van der Waals surface area contributed by atoms with E-state index in [1.165, 1.54) is 36.8 Å². The minimum atomic E-state index is 0.533. The number of hydrogen-bond acceptors (Lipinski definition) is 2. The van der Waals surface area contributed by atoms with Crippen LogP contribution in [0.5, 0.6) is 0 Å². The van der Waals surface area contributed by atoms with Crippen LogP contribution < -0.4 is 5.32 Å². The van der Waals surface area contributed by atoms with Crippen LogP contribution in [0.4, 0.5) is 0 Å². The summed E-state index contributed by atoms with van der Waals surface area (Å²) < 4.78 is 5.68. The van der Waals surface area contributed by atoms with Gasteiger partial charge in [0.25, 0.3) is 0 Å². The van der Waals surface area contributed by atoms with Crippen LogP contribution in [0.25, 0.3) is 0 Å². The third-order valence-corrected chi connectivity index (χ3v) is 4.46.